The average molecular weight is 300 g/mol. The van der Waals surface area contributed by atoms with E-state index in [-0.39, 0.29) is 6.42 Å². The third-order valence-electron chi connectivity index (χ3n) is 3.35. The second kappa shape index (κ2) is 6.68. The summed E-state index contributed by atoms with van der Waals surface area (Å²) in [5, 5.41) is 18.2. The number of hydrogen-bond donors (Lipinski definition) is 3. The molecule has 1 aromatic carbocycles. The first-order valence-electron chi connectivity index (χ1n) is 5.99. The second-order valence-corrected chi connectivity index (χ2v) is 6.25. The molecule has 0 aliphatic carbocycles. The smallest absolute Gasteiger partial charge is 0.310 e. The van der Waals surface area contributed by atoms with Crippen LogP contribution in [-0.4, -0.2) is 32.7 Å². The Morgan fingerprint density at radius 3 is 2.20 bits per heavy atom. The summed E-state index contributed by atoms with van der Waals surface area (Å²) in [6, 6.07) is 8.63. The molecule has 1 aromatic rings. The molecule has 0 saturated heterocycles. The topological polar surface area (TPSA) is 112 Å². The Hall–Kier alpha value is -1.65. The van der Waals surface area contributed by atoms with Crippen molar-refractivity contribution in [1.82, 2.24) is 0 Å². The second-order valence-electron chi connectivity index (χ2n) is 4.87. The number of aliphatic carboxylic acids is 2. The summed E-state index contributed by atoms with van der Waals surface area (Å²) in [6.45, 7) is 1.31. The number of carboxylic acid groups (broad SMARTS) is 2. The molecule has 0 aliphatic heterocycles. The SMILES string of the molecule is CC(Cc1ccccc1)(C(=O)O)C(CC(=O)O)[PH](=O)O. The minimum Gasteiger partial charge on any atom is -0.481 e. The zero-order valence-corrected chi connectivity index (χ0v) is 11.9. The van der Waals surface area contributed by atoms with Gasteiger partial charge in [-0.1, -0.05) is 30.3 Å². The number of hydrogen-bond acceptors (Lipinski definition) is 3. The lowest BCUT2D eigenvalue weighted by atomic mass is 9.79. The van der Waals surface area contributed by atoms with Crippen molar-refractivity contribution in [1.29, 1.82) is 0 Å². The molecule has 0 saturated carbocycles. The van der Waals surface area contributed by atoms with E-state index in [9.17, 15) is 24.2 Å². The van der Waals surface area contributed by atoms with Gasteiger partial charge in [0, 0.05) is 0 Å². The van der Waals surface area contributed by atoms with Crippen LogP contribution in [-0.2, 0) is 20.6 Å². The van der Waals surface area contributed by atoms with Gasteiger partial charge in [-0.3, -0.25) is 14.2 Å². The van der Waals surface area contributed by atoms with E-state index in [4.69, 9.17) is 5.11 Å². The van der Waals surface area contributed by atoms with Gasteiger partial charge in [0.25, 0.3) is 0 Å². The van der Waals surface area contributed by atoms with Gasteiger partial charge in [0.1, 0.15) is 0 Å². The molecule has 0 bridgehead atoms. The van der Waals surface area contributed by atoms with Crippen molar-refractivity contribution < 1.29 is 29.3 Å². The van der Waals surface area contributed by atoms with Crippen LogP contribution in [0.3, 0.4) is 0 Å². The first-order chi connectivity index (χ1) is 9.27. The summed E-state index contributed by atoms with van der Waals surface area (Å²) in [5.74, 6) is -2.57. The molecular formula is C13H17O6P. The quantitative estimate of drug-likeness (QED) is 0.660. The van der Waals surface area contributed by atoms with Crippen LogP contribution in [0.1, 0.15) is 18.9 Å². The molecule has 7 heteroatoms. The van der Waals surface area contributed by atoms with E-state index >= 15 is 0 Å². The maximum atomic E-state index is 11.5. The molecule has 20 heavy (non-hydrogen) atoms. The summed E-state index contributed by atoms with van der Waals surface area (Å²) in [6.07, 6.45) is -0.651. The van der Waals surface area contributed by atoms with Crippen molar-refractivity contribution >= 4 is 20.0 Å². The van der Waals surface area contributed by atoms with Gasteiger partial charge in [-0.05, 0) is 18.9 Å². The predicted molar refractivity (Wildman–Crippen MR) is 73.1 cm³/mol. The minimum absolute atomic E-state index is 0.00190. The van der Waals surface area contributed by atoms with E-state index in [0.717, 1.165) is 0 Å². The largest absolute Gasteiger partial charge is 0.481 e. The van der Waals surface area contributed by atoms with E-state index in [1.165, 1.54) is 6.92 Å². The molecule has 0 fully saturated rings. The fourth-order valence-corrected chi connectivity index (χ4v) is 3.25. The standard InChI is InChI=1S/C13H17O6P/c1-13(12(16)17,8-9-5-3-2-4-6-9)10(20(18)19)7-11(14)15/h2-6,10,20H,7-8H2,1H3,(H,14,15)(H,16,17)(H,18,19). The fraction of sp³-hybridized carbons (Fsp3) is 0.385. The minimum atomic E-state index is -3.30. The lowest BCUT2D eigenvalue weighted by Crippen LogP contribution is -2.41. The van der Waals surface area contributed by atoms with Gasteiger partial charge in [-0.25, -0.2) is 0 Å². The normalized spacial score (nSPS) is 16.9. The Balaban J connectivity index is 3.14. The molecule has 0 radical (unpaired) electrons. The maximum Gasteiger partial charge on any atom is 0.310 e. The third-order valence-corrected chi connectivity index (χ3v) is 4.79. The average Bonchev–Trinajstić information content (AvgIpc) is 2.36. The Kier molecular flexibility index (Phi) is 5.48. The molecule has 0 heterocycles. The molecule has 0 spiro atoms. The number of carbonyl (C=O) groups is 2. The monoisotopic (exact) mass is 300 g/mol. The number of benzene rings is 1. The molecular weight excluding hydrogens is 283 g/mol. The van der Waals surface area contributed by atoms with Gasteiger partial charge in [0.15, 0.2) is 8.03 Å². The fourth-order valence-electron chi connectivity index (χ4n) is 2.13. The van der Waals surface area contributed by atoms with Gasteiger partial charge in [0.2, 0.25) is 0 Å². The molecule has 0 aromatic heterocycles. The summed E-state index contributed by atoms with van der Waals surface area (Å²) in [4.78, 5) is 31.7. The predicted octanol–water partition coefficient (Wildman–Crippen LogP) is 1.63. The molecule has 110 valence electrons. The van der Waals surface area contributed by atoms with Crippen molar-refractivity contribution in [3.63, 3.8) is 0 Å². The van der Waals surface area contributed by atoms with Gasteiger partial charge in [-0.2, -0.15) is 0 Å². The van der Waals surface area contributed by atoms with Gasteiger partial charge in [0.05, 0.1) is 17.5 Å². The molecule has 3 N–H and O–H groups in total. The Morgan fingerprint density at radius 2 is 1.80 bits per heavy atom. The zero-order valence-electron chi connectivity index (χ0n) is 10.9. The molecule has 0 amide bonds. The number of carboxylic acids is 2. The number of rotatable bonds is 7. The highest BCUT2D eigenvalue weighted by molar-refractivity contribution is 7.39. The van der Waals surface area contributed by atoms with Crippen LogP contribution in [0.5, 0.6) is 0 Å². The highest BCUT2D eigenvalue weighted by Gasteiger charge is 2.45. The van der Waals surface area contributed by atoms with E-state index in [2.05, 4.69) is 0 Å². The Morgan fingerprint density at radius 1 is 1.25 bits per heavy atom. The van der Waals surface area contributed by atoms with E-state index in [1.807, 2.05) is 0 Å². The summed E-state index contributed by atoms with van der Waals surface area (Å²) < 4.78 is 11.4. The molecule has 0 aliphatic rings. The van der Waals surface area contributed by atoms with E-state index < -0.39 is 37.5 Å². The van der Waals surface area contributed by atoms with Crippen molar-refractivity contribution in [3.8, 4) is 0 Å². The molecule has 3 atom stereocenters. The lowest BCUT2D eigenvalue weighted by molar-refractivity contribution is -0.149. The van der Waals surface area contributed by atoms with Gasteiger partial charge in [-0.15, -0.1) is 0 Å². The van der Waals surface area contributed by atoms with Crippen LogP contribution in [0.25, 0.3) is 0 Å². The van der Waals surface area contributed by atoms with Crippen LogP contribution >= 0.6 is 8.03 Å². The van der Waals surface area contributed by atoms with Crippen LogP contribution in [0.2, 0.25) is 0 Å². The van der Waals surface area contributed by atoms with E-state index in [0.29, 0.717) is 5.56 Å². The summed E-state index contributed by atoms with van der Waals surface area (Å²) >= 11 is 0. The zero-order chi connectivity index (χ0) is 15.3. The first kappa shape index (κ1) is 16.4. The van der Waals surface area contributed by atoms with Crippen molar-refractivity contribution in [2.45, 2.75) is 25.4 Å². The van der Waals surface area contributed by atoms with Crippen molar-refractivity contribution in [2.75, 3.05) is 0 Å². The van der Waals surface area contributed by atoms with Crippen LogP contribution in [0.4, 0.5) is 0 Å². The van der Waals surface area contributed by atoms with Gasteiger partial charge >= 0.3 is 11.9 Å². The lowest BCUT2D eigenvalue weighted by Gasteiger charge is -2.31. The first-order valence-corrected chi connectivity index (χ1v) is 7.42. The Bertz CT molecular complexity index is 515. The molecule has 6 nitrogen and oxygen atoms in total. The highest BCUT2D eigenvalue weighted by Crippen LogP contribution is 2.42. The third kappa shape index (κ3) is 3.92. The van der Waals surface area contributed by atoms with Crippen LogP contribution in [0, 0.1) is 5.41 Å². The van der Waals surface area contributed by atoms with Crippen molar-refractivity contribution in [2.24, 2.45) is 5.41 Å². The van der Waals surface area contributed by atoms with E-state index in [1.54, 1.807) is 30.3 Å². The summed E-state index contributed by atoms with van der Waals surface area (Å²) in [7, 11) is -3.30. The van der Waals surface area contributed by atoms with Gasteiger partial charge < -0.3 is 15.1 Å². The van der Waals surface area contributed by atoms with Crippen LogP contribution in [0.15, 0.2) is 30.3 Å². The maximum absolute atomic E-state index is 11.5. The molecule has 3 unspecified atom stereocenters. The molecule has 1 rings (SSSR count). The summed E-state index contributed by atoms with van der Waals surface area (Å²) in [5.41, 5.74) is -2.25. The highest BCUT2D eigenvalue weighted by atomic mass is 31.1. The Labute approximate surface area is 116 Å². The van der Waals surface area contributed by atoms with Crippen LogP contribution < -0.4 is 0 Å². The van der Waals surface area contributed by atoms with Crippen molar-refractivity contribution in [3.05, 3.63) is 35.9 Å².